The molecule has 1 amide bonds. The van der Waals surface area contributed by atoms with Crippen LogP contribution in [-0.2, 0) is 4.74 Å². The van der Waals surface area contributed by atoms with E-state index in [1.807, 2.05) is 27.7 Å². The molecule has 21 heavy (non-hydrogen) atoms. The Morgan fingerprint density at radius 3 is 2.62 bits per heavy atom. The Balaban J connectivity index is 2.06. The number of carbonyl (C=O) groups excluding carboxylic acids is 1. The lowest BCUT2D eigenvalue weighted by molar-refractivity contribution is 0.0292. The smallest absolute Gasteiger partial charge is 0.410 e. The maximum atomic E-state index is 12.0. The summed E-state index contributed by atoms with van der Waals surface area (Å²) in [6.45, 7) is 8.63. The minimum atomic E-state index is -0.892. The molecule has 2 heterocycles. The van der Waals surface area contributed by atoms with Crippen LogP contribution in [0.1, 0.15) is 53.9 Å². The fraction of sp³-hybridized carbons (Fsp3) is 0.600. The molecule has 0 spiro atoms. The lowest BCUT2D eigenvalue weighted by Crippen LogP contribution is -2.35. The molecule has 1 N–H and O–H groups in total. The van der Waals surface area contributed by atoms with Crippen LogP contribution in [0.25, 0.3) is 0 Å². The Hall–Kier alpha value is -1.56. The molecular formula is C15H21NO4S. The Morgan fingerprint density at radius 2 is 2.10 bits per heavy atom. The third-order valence-electron chi connectivity index (χ3n) is 3.52. The predicted octanol–water partition coefficient (Wildman–Crippen LogP) is 3.48. The van der Waals surface area contributed by atoms with Gasteiger partial charge in [0.25, 0.3) is 0 Å². The Labute approximate surface area is 128 Å². The first-order valence-corrected chi connectivity index (χ1v) is 7.86. The summed E-state index contributed by atoms with van der Waals surface area (Å²) in [6, 6.07) is 0. The maximum absolute atomic E-state index is 12.0. The first-order valence-electron chi connectivity index (χ1n) is 6.98. The lowest BCUT2D eigenvalue weighted by atomic mass is 10.0. The number of carboxylic acid groups (broad SMARTS) is 1. The molecule has 116 valence electrons. The Bertz CT molecular complexity index is 559. The van der Waals surface area contributed by atoms with Gasteiger partial charge in [0.05, 0.1) is 5.56 Å². The molecule has 1 aliphatic heterocycles. The maximum Gasteiger partial charge on any atom is 0.410 e. The van der Waals surface area contributed by atoms with Crippen LogP contribution < -0.4 is 0 Å². The predicted molar refractivity (Wildman–Crippen MR) is 81.2 cm³/mol. The number of nitrogens with zero attached hydrogens (tertiary/aromatic N) is 1. The molecule has 6 heteroatoms. The average Bonchev–Trinajstić information content (AvgIpc) is 2.92. The Kier molecular flexibility index (Phi) is 4.27. The van der Waals surface area contributed by atoms with Gasteiger partial charge >= 0.3 is 12.1 Å². The van der Waals surface area contributed by atoms with E-state index in [1.165, 1.54) is 11.3 Å². The molecular weight excluding hydrogens is 290 g/mol. The highest BCUT2D eigenvalue weighted by Gasteiger charge is 2.32. The molecule has 5 nitrogen and oxygen atoms in total. The van der Waals surface area contributed by atoms with Crippen LogP contribution in [0.2, 0.25) is 0 Å². The van der Waals surface area contributed by atoms with Crippen LogP contribution in [0.3, 0.4) is 0 Å². The highest BCUT2D eigenvalue weighted by Crippen LogP contribution is 2.35. The largest absolute Gasteiger partial charge is 0.478 e. The van der Waals surface area contributed by atoms with Crippen molar-refractivity contribution in [3.8, 4) is 0 Å². The zero-order chi connectivity index (χ0) is 15.8. The molecule has 1 atom stereocenters. The second-order valence-corrected chi connectivity index (χ2v) is 7.27. The van der Waals surface area contributed by atoms with E-state index >= 15 is 0 Å². The number of aromatic carboxylic acids is 1. The monoisotopic (exact) mass is 311 g/mol. The van der Waals surface area contributed by atoms with Gasteiger partial charge in [-0.2, -0.15) is 0 Å². The number of hydrogen-bond donors (Lipinski definition) is 1. The second kappa shape index (κ2) is 5.67. The number of likely N-dealkylation sites (tertiary alicyclic amines) is 1. The average molecular weight is 311 g/mol. The van der Waals surface area contributed by atoms with E-state index in [0.29, 0.717) is 18.7 Å². The van der Waals surface area contributed by atoms with Gasteiger partial charge in [0.15, 0.2) is 0 Å². The fourth-order valence-electron chi connectivity index (χ4n) is 2.51. The van der Waals surface area contributed by atoms with Gasteiger partial charge in [-0.05, 0) is 39.7 Å². The van der Waals surface area contributed by atoms with E-state index in [-0.39, 0.29) is 12.0 Å². The first kappa shape index (κ1) is 15.8. The third kappa shape index (κ3) is 3.56. The van der Waals surface area contributed by atoms with Crippen LogP contribution in [0.4, 0.5) is 4.79 Å². The van der Waals surface area contributed by atoms with Gasteiger partial charge in [-0.15, -0.1) is 11.3 Å². The van der Waals surface area contributed by atoms with Crippen molar-refractivity contribution in [1.82, 2.24) is 4.90 Å². The molecule has 1 unspecified atom stereocenters. The number of carboxylic acids is 1. The summed E-state index contributed by atoms with van der Waals surface area (Å²) in [5.74, 6) is -0.687. The molecule has 0 radical (unpaired) electrons. The second-order valence-electron chi connectivity index (χ2n) is 6.36. The molecule has 0 aromatic carbocycles. The minimum Gasteiger partial charge on any atom is -0.478 e. The topological polar surface area (TPSA) is 66.8 Å². The molecule has 2 rings (SSSR count). The molecule has 0 saturated carbocycles. The molecule has 1 saturated heterocycles. The van der Waals surface area contributed by atoms with E-state index in [9.17, 15) is 9.59 Å². The van der Waals surface area contributed by atoms with E-state index in [4.69, 9.17) is 9.84 Å². The summed E-state index contributed by atoms with van der Waals surface area (Å²) in [5.41, 5.74) is 0.694. The SMILES string of the molecule is Cc1c(C(=O)O)csc1C1CCN(C(=O)OC(C)(C)C)C1. The van der Waals surface area contributed by atoms with Crippen LogP contribution in [0, 0.1) is 6.92 Å². The van der Waals surface area contributed by atoms with Gasteiger partial charge < -0.3 is 14.7 Å². The highest BCUT2D eigenvalue weighted by molar-refractivity contribution is 7.10. The number of thiophene rings is 1. The fourth-order valence-corrected chi connectivity index (χ4v) is 3.71. The number of carbonyl (C=O) groups is 2. The quantitative estimate of drug-likeness (QED) is 0.908. The van der Waals surface area contributed by atoms with Gasteiger partial charge in [-0.25, -0.2) is 9.59 Å². The minimum absolute atomic E-state index is 0.204. The highest BCUT2D eigenvalue weighted by atomic mass is 32.1. The third-order valence-corrected chi connectivity index (χ3v) is 4.77. The van der Waals surface area contributed by atoms with E-state index in [2.05, 4.69) is 0 Å². The summed E-state index contributed by atoms with van der Waals surface area (Å²) in [4.78, 5) is 25.9. The summed E-state index contributed by atoms with van der Waals surface area (Å²) >= 11 is 1.47. The van der Waals surface area contributed by atoms with Crippen LogP contribution >= 0.6 is 11.3 Å². The van der Waals surface area contributed by atoms with Crippen molar-refractivity contribution in [3.05, 3.63) is 21.4 Å². The normalized spacial score (nSPS) is 18.9. The van der Waals surface area contributed by atoms with Gasteiger partial charge in [-0.3, -0.25) is 0 Å². The van der Waals surface area contributed by atoms with E-state index < -0.39 is 11.6 Å². The Morgan fingerprint density at radius 1 is 1.43 bits per heavy atom. The van der Waals surface area contributed by atoms with E-state index in [1.54, 1.807) is 10.3 Å². The van der Waals surface area contributed by atoms with Crippen molar-refractivity contribution in [2.75, 3.05) is 13.1 Å². The number of hydrogen-bond acceptors (Lipinski definition) is 4. The van der Waals surface area contributed by atoms with Crippen molar-refractivity contribution < 1.29 is 19.4 Å². The summed E-state index contributed by atoms with van der Waals surface area (Å²) in [5, 5.41) is 10.8. The number of ether oxygens (including phenoxy) is 1. The molecule has 1 aliphatic rings. The summed E-state index contributed by atoms with van der Waals surface area (Å²) in [7, 11) is 0. The van der Waals surface area contributed by atoms with Gasteiger partial charge in [-0.1, -0.05) is 0 Å². The van der Waals surface area contributed by atoms with Gasteiger partial charge in [0, 0.05) is 29.3 Å². The first-order chi connectivity index (χ1) is 9.69. The zero-order valence-corrected chi connectivity index (χ0v) is 13.6. The van der Waals surface area contributed by atoms with Gasteiger partial charge in [0.1, 0.15) is 5.60 Å². The lowest BCUT2D eigenvalue weighted by Gasteiger charge is -2.24. The standard InChI is InChI=1S/C15H21NO4S/c1-9-11(13(17)18)8-21-12(9)10-5-6-16(7-10)14(19)20-15(2,3)4/h8,10H,5-7H2,1-4H3,(H,17,18). The van der Waals surface area contributed by atoms with Crippen LogP contribution in [0.5, 0.6) is 0 Å². The molecule has 1 aromatic rings. The zero-order valence-electron chi connectivity index (χ0n) is 12.8. The number of rotatable bonds is 2. The molecule has 0 aliphatic carbocycles. The molecule has 1 aromatic heterocycles. The number of amides is 1. The summed E-state index contributed by atoms with van der Waals surface area (Å²) < 4.78 is 5.38. The van der Waals surface area contributed by atoms with E-state index in [0.717, 1.165) is 16.9 Å². The van der Waals surface area contributed by atoms with Crippen molar-refractivity contribution in [2.24, 2.45) is 0 Å². The molecule has 0 bridgehead atoms. The van der Waals surface area contributed by atoms with Crippen molar-refractivity contribution >= 4 is 23.4 Å². The van der Waals surface area contributed by atoms with Crippen molar-refractivity contribution in [1.29, 1.82) is 0 Å². The van der Waals surface area contributed by atoms with Crippen LogP contribution in [0.15, 0.2) is 5.38 Å². The van der Waals surface area contributed by atoms with Crippen LogP contribution in [-0.4, -0.2) is 40.8 Å². The molecule has 1 fully saturated rings. The summed E-state index contributed by atoms with van der Waals surface area (Å²) in [6.07, 6.45) is 0.553. The van der Waals surface area contributed by atoms with Gasteiger partial charge in [0.2, 0.25) is 0 Å². The van der Waals surface area contributed by atoms with Crippen molar-refractivity contribution in [2.45, 2.75) is 45.6 Å². The van der Waals surface area contributed by atoms with Crippen molar-refractivity contribution in [3.63, 3.8) is 0 Å².